The number of aryl methyl sites for hydroxylation is 2. The molecular weight excluding hydrogens is 247 g/mol. The van der Waals surface area contributed by atoms with Crippen LogP contribution in [0.15, 0.2) is 24.3 Å². The first-order chi connectivity index (χ1) is 9.02. The maximum Gasteiger partial charge on any atom is 0.197 e. The van der Waals surface area contributed by atoms with Crippen LogP contribution in [-0.2, 0) is 0 Å². The summed E-state index contributed by atoms with van der Waals surface area (Å²) in [6.45, 7) is 3.40. The summed E-state index contributed by atoms with van der Waals surface area (Å²) < 4.78 is 18.8. The molecule has 1 aromatic heterocycles. The molecule has 2 aromatic rings. The third-order valence-electron chi connectivity index (χ3n) is 2.77. The molecule has 98 valence electrons. The number of aromatic nitrogens is 2. The van der Waals surface area contributed by atoms with Gasteiger partial charge in [0.1, 0.15) is 11.6 Å². The summed E-state index contributed by atoms with van der Waals surface area (Å²) in [5.41, 5.74) is 1.45. The summed E-state index contributed by atoms with van der Waals surface area (Å²) in [5, 5.41) is 7.72. The molecule has 2 rings (SSSR count). The second kappa shape index (κ2) is 5.14. The van der Waals surface area contributed by atoms with Crippen LogP contribution in [0.4, 0.5) is 4.39 Å². The summed E-state index contributed by atoms with van der Waals surface area (Å²) in [7, 11) is 1.44. The number of benzene rings is 1. The number of carbonyl (C=O) groups is 1. The van der Waals surface area contributed by atoms with Gasteiger partial charge in [0.25, 0.3) is 0 Å². The van der Waals surface area contributed by atoms with E-state index in [2.05, 4.69) is 10.2 Å². The van der Waals surface area contributed by atoms with Crippen molar-refractivity contribution in [3.05, 3.63) is 52.6 Å². The third kappa shape index (κ3) is 2.59. The molecule has 4 nitrogen and oxygen atoms in total. The molecule has 1 heterocycles. The van der Waals surface area contributed by atoms with Crippen LogP contribution in [0.25, 0.3) is 0 Å². The summed E-state index contributed by atoms with van der Waals surface area (Å²) in [6, 6.07) is 5.75. The van der Waals surface area contributed by atoms with Gasteiger partial charge in [-0.25, -0.2) is 4.39 Å². The molecular formula is C14H13FN2O2. The summed E-state index contributed by atoms with van der Waals surface area (Å²) in [5.74, 6) is -0.649. The minimum atomic E-state index is -0.613. The predicted molar refractivity (Wildman–Crippen MR) is 67.9 cm³/mol. The van der Waals surface area contributed by atoms with E-state index in [9.17, 15) is 9.18 Å². The molecule has 0 saturated carbocycles. The van der Waals surface area contributed by atoms with Crippen LogP contribution in [0, 0.1) is 19.7 Å². The fourth-order valence-corrected chi connectivity index (χ4v) is 1.73. The lowest BCUT2D eigenvalue weighted by atomic mass is 10.0. The van der Waals surface area contributed by atoms with Crippen molar-refractivity contribution in [2.75, 3.05) is 7.11 Å². The fraction of sp³-hybridized carbons (Fsp3) is 0.214. The zero-order valence-corrected chi connectivity index (χ0v) is 10.9. The zero-order valence-electron chi connectivity index (χ0n) is 10.9. The Balaban J connectivity index is 2.47. The van der Waals surface area contributed by atoms with Crippen molar-refractivity contribution in [2.45, 2.75) is 13.8 Å². The van der Waals surface area contributed by atoms with Gasteiger partial charge in [0.05, 0.1) is 24.1 Å². The highest BCUT2D eigenvalue weighted by atomic mass is 19.1. The van der Waals surface area contributed by atoms with Gasteiger partial charge >= 0.3 is 0 Å². The molecule has 0 atom stereocenters. The Labute approximate surface area is 110 Å². The number of nitrogens with zero attached hydrogens (tertiary/aromatic N) is 2. The Morgan fingerprint density at radius 2 is 1.89 bits per heavy atom. The molecule has 0 spiro atoms. The Hall–Kier alpha value is -2.30. The average molecular weight is 260 g/mol. The van der Waals surface area contributed by atoms with E-state index in [1.807, 2.05) is 0 Å². The molecule has 0 amide bonds. The van der Waals surface area contributed by atoms with E-state index in [4.69, 9.17) is 4.74 Å². The molecule has 5 heteroatoms. The van der Waals surface area contributed by atoms with Crippen molar-refractivity contribution in [3.8, 4) is 5.75 Å². The minimum Gasteiger partial charge on any atom is -0.497 e. The molecule has 19 heavy (non-hydrogen) atoms. The van der Waals surface area contributed by atoms with Gasteiger partial charge in [-0.2, -0.15) is 10.2 Å². The van der Waals surface area contributed by atoms with Gasteiger partial charge in [-0.1, -0.05) is 0 Å². The second-order valence-electron chi connectivity index (χ2n) is 4.16. The van der Waals surface area contributed by atoms with Gasteiger partial charge < -0.3 is 4.74 Å². The highest BCUT2D eigenvalue weighted by molar-refractivity contribution is 6.09. The molecule has 0 aliphatic rings. The third-order valence-corrected chi connectivity index (χ3v) is 2.77. The molecule has 1 aromatic carbocycles. The van der Waals surface area contributed by atoms with Crippen LogP contribution in [0.5, 0.6) is 5.75 Å². The van der Waals surface area contributed by atoms with Gasteiger partial charge in [0.15, 0.2) is 5.78 Å². The molecule has 0 bridgehead atoms. The molecule has 0 N–H and O–H groups in total. The standard InChI is InChI=1S/C14H13FN2O2/c1-8-6-12(9(2)17-16-8)14(18)11-5-4-10(19-3)7-13(11)15/h4-7H,1-3H3. The van der Waals surface area contributed by atoms with E-state index >= 15 is 0 Å². The fourth-order valence-electron chi connectivity index (χ4n) is 1.73. The Kier molecular flexibility index (Phi) is 3.55. The first kappa shape index (κ1) is 13.1. The number of hydrogen-bond acceptors (Lipinski definition) is 4. The largest absolute Gasteiger partial charge is 0.497 e. The minimum absolute atomic E-state index is 0.00343. The number of methoxy groups -OCH3 is 1. The summed E-state index contributed by atoms with van der Waals surface area (Å²) >= 11 is 0. The molecule has 0 unspecified atom stereocenters. The van der Waals surface area contributed by atoms with Gasteiger partial charge in [-0.3, -0.25) is 4.79 Å². The molecule has 0 aliphatic carbocycles. The number of hydrogen-bond donors (Lipinski definition) is 0. The van der Waals surface area contributed by atoms with E-state index in [0.29, 0.717) is 22.7 Å². The topological polar surface area (TPSA) is 52.1 Å². The maximum atomic E-state index is 13.9. The molecule has 0 radical (unpaired) electrons. The van der Waals surface area contributed by atoms with Crippen molar-refractivity contribution in [2.24, 2.45) is 0 Å². The van der Waals surface area contributed by atoms with Crippen molar-refractivity contribution < 1.29 is 13.9 Å². The SMILES string of the molecule is COc1ccc(C(=O)c2cc(C)nnc2C)c(F)c1. The van der Waals surface area contributed by atoms with E-state index in [-0.39, 0.29) is 5.56 Å². The number of ether oxygens (including phenoxy) is 1. The van der Waals surface area contributed by atoms with Crippen LogP contribution < -0.4 is 4.74 Å². The number of rotatable bonds is 3. The van der Waals surface area contributed by atoms with E-state index in [1.54, 1.807) is 26.0 Å². The summed E-state index contributed by atoms with van der Waals surface area (Å²) in [6.07, 6.45) is 0. The van der Waals surface area contributed by atoms with Crippen molar-refractivity contribution >= 4 is 5.78 Å². The van der Waals surface area contributed by atoms with Crippen molar-refractivity contribution in [1.29, 1.82) is 0 Å². The molecule has 0 fully saturated rings. The van der Waals surface area contributed by atoms with Gasteiger partial charge in [-0.15, -0.1) is 0 Å². The normalized spacial score (nSPS) is 10.3. The quantitative estimate of drug-likeness (QED) is 0.795. The monoisotopic (exact) mass is 260 g/mol. The maximum absolute atomic E-state index is 13.9. The zero-order chi connectivity index (χ0) is 14.0. The van der Waals surface area contributed by atoms with Crippen molar-refractivity contribution in [1.82, 2.24) is 10.2 Å². The molecule has 0 saturated heterocycles. The van der Waals surface area contributed by atoms with Crippen LogP contribution >= 0.6 is 0 Å². The van der Waals surface area contributed by atoms with E-state index in [0.717, 1.165) is 0 Å². The highest BCUT2D eigenvalue weighted by Gasteiger charge is 2.17. The Morgan fingerprint density at radius 3 is 2.53 bits per heavy atom. The van der Waals surface area contributed by atoms with Gasteiger partial charge in [0, 0.05) is 11.6 Å². The Morgan fingerprint density at radius 1 is 1.16 bits per heavy atom. The lowest BCUT2D eigenvalue weighted by Crippen LogP contribution is -2.09. The second-order valence-corrected chi connectivity index (χ2v) is 4.16. The van der Waals surface area contributed by atoms with Crippen LogP contribution in [-0.4, -0.2) is 23.1 Å². The lowest BCUT2D eigenvalue weighted by Gasteiger charge is -2.07. The Bertz CT molecular complexity index is 641. The van der Waals surface area contributed by atoms with Crippen molar-refractivity contribution in [3.63, 3.8) is 0 Å². The predicted octanol–water partition coefficient (Wildman–Crippen LogP) is 2.47. The number of halogens is 1. The lowest BCUT2D eigenvalue weighted by molar-refractivity contribution is 0.103. The summed E-state index contributed by atoms with van der Waals surface area (Å²) in [4.78, 5) is 12.3. The average Bonchev–Trinajstić information content (AvgIpc) is 2.40. The highest BCUT2D eigenvalue weighted by Crippen LogP contribution is 2.20. The van der Waals surface area contributed by atoms with Gasteiger partial charge in [-0.05, 0) is 32.0 Å². The van der Waals surface area contributed by atoms with Gasteiger partial charge in [0.2, 0.25) is 0 Å². The number of ketones is 1. The smallest absolute Gasteiger partial charge is 0.197 e. The van der Waals surface area contributed by atoms with E-state index < -0.39 is 11.6 Å². The van der Waals surface area contributed by atoms with Crippen LogP contribution in [0.3, 0.4) is 0 Å². The van der Waals surface area contributed by atoms with Crippen LogP contribution in [0.2, 0.25) is 0 Å². The first-order valence-corrected chi connectivity index (χ1v) is 5.72. The van der Waals surface area contributed by atoms with Crippen LogP contribution in [0.1, 0.15) is 27.3 Å². The number of carbonyl (C=O) groups excluding carboxylic acids is 1. The first-order valence-electron chi connectivity index (χ1n) is 5.72. The van der Waals surface area contributed by atoms with E-state index in [1.165, 1.54) is 19.2 Å². The molecule has 0 aliphatic heterocycles.